The number of thioether (sulfide) groups is 1. The minimum absolute atomic E-state index is 0.541. The highest BCUT2D eigenvalue weighted by Crippen LogP contribution is 2.20. The maximum Gasteiger partial charge on any atom is 0.119 e. The van der Waals surface area contributed by atoms with Crippen molar-refractivity contribution >= 4 is 23.4 Å². The van der Waals surface area contributed by atoms with Crippen LogP contribution in [0.3, 0.4) is 0 Å². The molecule has 2 aromatic rings. The smallest absolute Gasteiger partial charge is 0.119 e. The van der Waals surface area contributed by atoms with E-state index in [1.165, 1.54) is 4.90 Å². The van der Waals surface area contributed by atoms with E-state index < -0.39 is 0 Å². The first-order valence-electron chi connectivity index (χ1n) is 5.29. The minimum atomic E-state index is 0.541. The van der Waals surface area contributed by atoms with Crippen LogP contribution >= 0.6 is 23.4 Å². The fourth-order valence-electron chi connectivity index (χ4n) is 1.47. The molecule has 0 bridgehead atoms. The van der Waals surface area contributed by atoms with Gasteiger partial charge in [0, 0.05) is 9.92 Å². The van der Waals surface area contributed by atoms with Gasteiger partial charge in [-0.2, -0.15) is 0 Å². The number of benzene rings is 2. The number of hydrogen-bond acceptors (Lipinski definition) is 2. The molecule has 0 aromatic heterocycles. The molecule has 1 nitrogen and oxygen atoms in total. The molecule has 0 heterocycles. The quantitative estimate of drug-likeness (QED) is 0.744. The zero-order valence-electron chi connectivity index (χ0n) is 9.52. The molecule has 0 aliphatic heterocycles. The van der Waals surface area contributed by atoms with Crippen molar-refractivity contribution < 1.29 is 4.74 Å². The van der Waals surface area contributed by atoms with Crippen molar-refractivity contribution in [2.45, 2.75) is 11.5 Å². The molecule has 2 aromatic carbocycles. The topological polar surface area (TPSA) is 9.23 Å². The molecule has 0 saturated carbocycles. The zero-order valence-corrected chi connectivity index (χ0v) is 11.1. The van der Waals surface area contributed by atoms with E-state index in [0.29, 0.717) is 6.61 Å². The predicted octanol–water partition coefficient (Wildman–Crippen LogP) is 4.64. The molecule has 0 fully saturated rings. The molecule has 0 radical (unpaired) electrons. The van der Waals surface area contributed by atoms with Gasteiger partial charge in [-0.25, -0.2) is 0 Å². The summed E-state index contributed by atoms with van der Waals surface area (Å²) in [7, 11) is 0. The molecule has 0 aliphatic carbocycles. The van der Waals surface area contributed by atoms with E-state index in [1.807, 2.05) is 36.4 Å². The molecule has 0 aliphatic rings. The second-order valence-corrected chi connectivity index (χ2v) is 4.91. The first-order valence-corrected chi connectivity index (χ1v) is 6.89. The Morgan fingerprint density at radius 2 is 1.88 bits per heavy atom. The van der Waals surface area contributed by atoms with E-state index in [4.69, 9.17) is 16.3 Å². The molecule has 0 spiro atoms. The molecule has 0 unspecified atom stereocenters. The van der Waals surface area contributed by atoms with Crippen LogP contribution in [0, 0.1) is 0 Å². The molecule has 0 atom stereocenters. The highest BCUT2D eigenvalue weighted by molar-refractivity contribution is 7.98. The van der Waals surface area contributed by atoms with Crippen molar-refractivity contribution in [1.82, 2.24) is 0 Å². The van der Waals surface area contributed by atoms with Crippen molar-refractivity contribution in [2.24, 2.45) is 0 Å². The summed E-state index contributed by atoms with van der Waals surface area (Å²) < 4.78 is 5.68. The van der Waals surface area contributed by atoms with E-state index in [-0.39, 0.29) is 0 Å². The second-order valence-electron chi connectivity index (χ2n) is 3.59. The summed E-state index contributed by atoms with van der Waals surface area (Å²) in [4.78, 5) is 1.24. The third-order valence-corrected chi connectivity index (χ3v) is 3.33. The molecular formula is C14H13ClOS. The van der Waals surface area contributed by atoms with Gasteiger partial charge in [0.2, 0.25) is 0 Å². The first kappa shape index (κ1) is 12.3. The van der Waals surface area contributed by atoms with Crippen molar-refractivity contribution in [3.05, 3.63) is 59.1 Å². The Kier molecular flexibility index (Phi) is 4.35. The predicted molar refractivity (Wildman–Crippen MR) is 74.0 cm³/mol. The number of ether oxygens (including phenoxy) is 1. The second kappa shape index (κ2) is 5.99. The van der Waals surface area contributed by atoms with Gasteiger partial charge in [-0.3, -0.25) is 0 Å². The van der Waals surface area contributed by atoms with Crippen LogP contribution in [0.2, 0.25) is 5.02 Å². The van der Waals surface area contributed by atoms with Crippen LogP contribution in [-0.4, -0.2) is 6.26 Å². The summed E-state index contributed by atoms with van der Waals surface area (Å²) in [5.74, 6) is 0.878. The SMILES string of the molecule is CSc1ccc(OCc2cccc(Cl)c2)cc1. The van der Waals surface area contributed by atoms with E-state index >= 15 is 0 Å². The molecule has 88 valence electrons. The van der Waals surface area contributed by atoms with Crippen LogP contribution in [-0.2, 0) is 6.61 Å². The van der Waals surface area contributed by atoms with Gasteiger partial charge < -0.3 is 4.74 Å². The standard InChI is InChI=1S/C14H13ClOS/c1-17-14-7-5-13(6-8-14)16-10-11-3-2-4-12(15)9-11/h2-9H,10H2,1H3. The van der Waals surface area contributed by atoms with E-state index in [0.717, 1.165) is 16.3 Å². The van der Waals surface area contributed by atoms with Gasteiger partial charge in [0.25, 0.3) is 0 Å². The van der Waals surface area contributed by atoms with Crippen LogP contribution in [0.15, 0.2) is 53.4 Å². The third-order valence-electron chi connectivity index (χ3n) is 2.35. The first-order chi connectivity index (χ1) is 8.28. The summed E-state index contributed by atoms with van der Waals surface area (Å²) in [5, 5.41) is 0.740. The van der Waals surface area contributed by atoms with E-state index in [2.05, 4.69) is 18.4 Å². The maximum atomic E-state index is 5.91. The minimum Gasteiger partial charge on any atom is -0.489 e. The van der Waals surface area contributed by atoms with Gasteiger partial charge in [0.05, 0.1) is 0 Å². The third kappa shape index (κ3) is 3.69. The highest BCUT2D eigenvalue weighted by Gasteiger charge is 1.97. The largest absolute Gasteiger partial charge is 0.489 e. The van der Waals surface area contributed by atoms with Gasteiger partial charge in [0.15, 0.2) is 0 Å². The summed E-state index contributed by atoms with van der Waals surface area (Å²) in [5.41, 5.74) is 1.08. The van der Waals surface area contributed by atoms with Crippen molar-refractivity contribution in [2.75, 3.05) is 6.26 Å². The van der Waals surface area contributed by atoms with E-state index in [9.17, 15) is 0 Å². The highest BCUT2D eigenvalue weighted by atomic mass is 35.5. The van der Waals surface area contributed by atoms with Crippen LogP contribution in [0.1, 0.15) is 5.56 Å². The van der Waals surface area contributed by atoms with Crippen LogP contribution < -0.4 is 4.74 Å². The fourth-order valence-corrected chi connectivity index (χ4v) is 2.09. The lowest BCUT2D eigenvalue weighted by atomic mass is 10.2. The van der Waals surface area contributed by atoms with Crippen molar-refractivity contribution in [3.8, 4) is 5.75 Å². The number of hydrogen-bond donors (Lipinski definition) is 0. The lowest BCUT2D eigenvalue weighted by Gasteiger charge is -2.07. The zero-order chi connectivity index (χ0) is 12.1. The monoisotopic (exact) mass is 264 g/mol. The van der Waals surface area contributed by atoms with Gasteiger partial charge in [-0.15, -0.1) is 11.8 Å². The average Bonchev–Trinajstić information content (AvgIpc) is 2.37. The fraction of sp³-hybridized carbons (Fsp3) is 0.143. The molecular weight excluding hydrogens is 252 g/mol. The normalized spacial score (nSPS) is 10.2. The summed E-state index contributed by atoms with van der Waals surface area (Å²) in [6, 6.07) is 15.8. The summed E-state index contributed by atoms with van der Waals surface area (Å²) >= 11 is 7.63. The molecule has 0 N–H and O–H groups in total. The maximum absolute atomic E-state index is 5.91. The summed E-state index contributed by atoms with van der Waals surface area (Å²) in [6.07, 6.45) is 2.06. The van der Waals surface area contributed by atoms with Gasteiger partial charge in [0.1, 0.15) is 12.4 Å². The Hall–Kier alpha value is -1.12. The van der Waals surface area contributed by atoms with Crippen LogP contribution in [0.4, 0.5) is 0 Å². The van der Waals surface area contributed by atoms with Gasteiger partial charge >= 0.3 is 0 Å². The number of halogens is 1. The lowest BCUT2D eigenvalue weighted by molar-refractivity contribution is 0.306. The Morgan fingerprint density at radius 1 is 1.12 bits per heavy atom. The molecule has 2 rings (SSSR count). The number of rotatable bonds is 4. The van der Waals surface area contributed by atoms with Crippen LogP contribution in [0.5, 0.6) is 5.75 Å². The van der Waals surface area contributed by atoms with Gasteiger partial charge in [-0.1, -0.05) is 23.7 Å². The van der Waals surface area contributed by atoms with Crippen molar-refractivity contribution in [1.29, 1.82) is 0 Å². The Balaban J connectivity index is 1.97. The van der Waals surface area contributed by atoms with E-state index in [1.54, 1.807) is 11.8 Å². The molecule has 17 heavy (non-hydrogen) atoms. The average molecular weight is 265 g/mol. The van der Waals surface area contributed by atoms with Crippen LogP contribution in [0.25, 0.3) is 0 Å². The molecule has 0 amide bonds. The Bertz CT molecular complexity index is 482. The molecule has 0 saturated heterocycles. The Morgan fingerprint density at radius 3 is 2.53 bits per heavy atom. The Labute approximate surface area is 111 Å². The lowest BCUT2D eigenvalue weighted by Crippen LogP contribution is -1.94. The molecule has 3 heteroatoms. The summed E-state index contributed by atoms with van der Waals surface area (Å²) in [6.45, 7) is 0.541. The van der Waals surface area contributed by atoms with Crippen molar-refractivity contribution in [3.63, 3.8) is 0 Å². The van der Waals surface area contributed by atoms with Gasteiger partial charge in [-0.05, 0) is 48.2 Å².